The summed E-state index contributed by atoms with van der Waals surface area (Å²) in [6, 6.07) is 8.32. The Kier molecular flexibility index (Phi) is 5.74. The van der Waals surface area contributed by atoms with E-state index in [4.69, 9.17) is 0 Å². The molecule has 1 aliphatic rings. The van der Waals surface area contributed by atoms with Crippen LogP contribution in [-0.4, -0.2) is 35.3 Å². The van der Waals surface area contributed by atoms with Crippen molar-refractivity contribution in [3.63, 3.8) is 0 Å². The van der Waals surface area contributed by atoms with Crippen molar-refractivity contribution in [2.24, 2.45) is 0 Å². The normalized spacial score (nSPS) is 15.0. The SMILES string of the molecule is Cc1cc(=O)[nH]c(-c2cccc(NC(=O)CCS(=O)(=O)C3CCCC3)c2)n1. The van der Waals surface area contributed by atoms with E-state index in [2.05, 4.69) is 15.3 Å². The second-order valence-corrected chi connectivity index (χ2v) is 9.29. The summed E-state index contributed by atoms with van der Waals surface area (Å²) in [6.45, 7) is 1.73. The summed E-state index contributed by atoms with van der Waals surface area (Å²) in [7, 11) is -3.22. The number of nitrogens with one attached hydrogen (secondary N) is 2. The second kappa shape index (κ2) is 8.04. The van der Waals surface area contributed by atoms with Gasteiger partial charge in [0.1, 0.15) is 5.82 Å². The third-order valence-electron chi connectivity index (χ3n) is 4.71. The number of anilines is 1. The van der Waals surface area contributed by atoms with Gasteiger partial charge < -0.3 is 10.3 Å². The molecule has 0 saturated heterocycles. The molecule has 0 unspecified atom stereocenters. The van der Waals surface area contributed by atoms with Crippen molar-refractivity contribution in [1.29, 1.82) is 0 Å². The molecule has 1 amide bonds. The van der Waals surface area contributed by atoms with E-state index in [0.717, 1.165) is 12.8 Å². The average Bonchev–Trinajstić information content (AvgIpc) is 3.15. The number of H-pyrrole nitrogens is 1. The molecule has 2 N–H and O–H groups in total. The number of aromatic amines is 1. The number of amides is 1. The average molecular weight is 389 g/mol. The maximum absolute atomic E-state index is 12.3. The van der Waals surface area contributed by atoms with Crippen LogP contribution in [0.2, 0.25) is 0 Å². The van der Waals surface area contributed by atoms with Crippen molar-refractivity contribution in [2.45, 2.75) is 44.3 Å². The van der Waals surface area contributed by atoms with Gasteiger partial charge in [-0.2, -0.15) is 0 Å². The molecular formula is C19H23N3O4S. The van der Waals surface area contributed by atoms with Gasteiger partial charge in [0.05, 0.1) is 11.0 Å². The quantitative estimate of drug-likeness (QED) is 0.789. The number of nitrogens with zero attached hydrogens (tertiary/aromatic N) is 1. The molecule has 1 heterocycles. The van der Waals surface area contributed by atoms with Gasteiger partial charge in [-0.1, -0.05) is 25.0 Å². The summed E-state index contributed by atoms with van der Waals surface area (Å²) < 4.78 is 24.5. The van der Waals surface area contributed by atoms with Gasteiger partial charge in [0.15, 0.2) is 9.84 Å². The molecule has 1 saturated carbocycles. The van der Waals surface area contributed by atoms with Crippen LogP contribution in [0.15, 0.2) is 35.1 Å². The van der Waals surface area contributed by atoms with Crippen LogP contribution in [0, 0.1) is 6.92 Å². The molecule has 0 atom stereocenters. The molecule has 27 heavy (non-hydrogen) atoms. The monoisotopic (exact) mass is 389 g/mol. The molecule has 1 fully saturated rings. The Labute approximate surface area is 158 Å². The maximum atomic E-state index is 12.3. The molecular weight excluding hydrogens is 366 g/mol. The lowest BCUT2D eigenvalue weighted by atomic mass is 10.2. The van der Waals surface area contributed by atoms with Crippen LogP contribution in [-0.2, 0) is 14.6 Å². The van der Waals surface area contributed by atoms with Crippen LogP contribution in [0.25, 0.3) is 11.4 Å². The Morgan fingerprint density at radius 1 is 1.26 bits per heavy atom. The molecule has 1 aromatic heterocycles. The zero-order chi connectivity index (χ0) is 19.4. The molecule has 0 bridgehead atoms. The number of hydrogen-bond donors (Lipinski definition) is 2. The Morgan fingerprint density at radius 3 is 2.70 bits per heavy atom. The highest BCUT2D eigenvalue weighted by Crippen LogP contribution is 2.25. The number of sulfone groups is 1. The van der Waals surface area contributed by atoms with Crippen LogP contribution < -0.4 is 10.9 Å². The summed E-state index contributed by atoms with van der Waals surface area (Å²) in [5.74, 6) is -0.0602. The van der Waals surface area contributed by atoms with Crippen LogP contribution in [0.4, 0.5) is 5.69 Å². The molecule has 0 aliphatic heterocycles. The largest absolute Gasteiger partial charge is 0.326 e. The first-order valence-electron chi connectivity index (χ1n) is 9.03. The van der Waals surface area contributed by atoms with Crippen LogP contribution in [0.1, 0.15) is 37.8 Å². The van der Waals surface area contributed by atoms with Gasteiger partial charge in [0.2, 0.25) is 5.91 Å². The van der Waals surface area contributed by atoms with Gasteiger partial charge in [-0.25, -0.2) is 13.4 Å². The van der Waals surface area contributed by atoms with Crippen LogP contribution in [0.5, 0.6) is 0 Å². The summed E-state index contributed by atoms with van der Waals surface area (Å²) >= 11 is 0. The van der Waals surface area contributed by atoms with Gasteiger partial charge in [-0.05, 0) is 31.9 Å². The van der Waals surface area contributed by atoms with Crippen LogP contribution in [0.3, 0.4) is 0 Å². The minimum Gasteiger partial charge on any atom is -0.326 e. The molecule has 2 aromatic rings. The highest BCUT2D eigenvalue weighted by molar-refractivity contribution is 7.92. The molecule has 1 aliphatic carbocycles. The molecule has 7 nitrogen and oxygen atoms in total. The van der Waals surface area contributed by atoms with E-state index in [-0.39, 0.29) is 28.9 Å². The summed E-state index contributed by atoms with van der Waals surface area (Å²) in [5, 5.41) is 2.43. The third kappa shape index (κ3) is 5.03. The Balaban J connectivity index is 1.65. The third-order valence-corrected chi connectivity index (χ3v) is 6.97. The van der Waals surface area contributed by atoms with E-state index in [1.165, 1.54) is 6.07 Å². The van der Waals surface area contributed by atoms with Crippen molar-refractivity contribution in [1.82, 2.24) is 9.97 Å². The maximum Gasteiger partial charge on any atom is 0.251 e. The van der Waals surface area contributed by atoms with Gasteiger partial charge in [0, 0.05) is 29.4 Å². The van der Waals surface area contributed by atoms with Crippen molar-refractivity contribution in [3.8, 4) is 11.4 Å². The van der Waals surface area contributed by atoms with Crippen molar-refractivity contribution >= 4 is 21.4 Å². The zero-order valence-corrected chi connectivity index (χ0v) is 16.0. The Hall–Kier alpha value is -2.48. The number of benzene rings is 1. The number of aromatic nitrogens is 2. The lowest BCUT2D eigenvalue weighted by molar-refractivity contribution is -0.115. The molecule has 0 spiro atoms. The first kappa shape index (κ1) is 19.3. The molecule has 1 aromatic carbocycles. The van der Waals surface area contributed by atoms with Gasteiger partial charge in [-0.3, -0.25) is 9.59 Å². The Bertz CT molecular complexity index is 992. The fourth-order valence-corrected chi connectivity index (χ4v) is 5.19. The van der Waals surface area contributed by atoms with Gasteiger partial charge in [-0.15, -0.1) is 0 Å². The minimum atomic E-state index is -3.22. The first-order chi connectivity index (χ1) is 12.8. The lowest BCUT2D eigenvalue weighted by Gasteiger charge is -2.11. The summed E-state index contributed by atoms with van der Waals surface area (Å²) in [6.07, 6.45) is 3.22. The predicted octanol–water partition coefficient (Wildman–Crippen LogP) is 2.43. The number of hydrogen-bond acceptors (Lipinski definition) is 5. The fraction of sp³-hybridized carbons (Fsp3) is 0.421. The minimum absolute atomic E-state index is 0.0669. The van der Waals surface area contributed by atoms with E-state index >= 15 is 0 Å². The van der Waals surface area contributed by atoms with Crippen molar-refractivity contribution in [2.75, 3.05) is 11.1 Å². The second-order valence-electron chi connectivity index (χ2n) is 6.89. The highest BCUT2D eigenvalue weighted by Gasteiger charge is 2.28. The molecule has 3 rings (SSSR count). The molecule has 144 valence electrons. The van der Waals surface area contributed by atoms with E-state index in [1.807, 2.05) is 0 Å². The number of rotatable bonds is 6. The first-order valence-corrected chi connectivity index (χ1v) is 10.7. The lowest BCUT2D eigenvalue weighted by Crippen LogP contribution is -2.24. The van der Waals surface area contributed by atoms with Crippen LogP contribution >= 0.6 is 0 Å². The smallest absolute Gasteiger partial charge is 0.251 e. The van der Waals surface area contributed by atoms with E-state index < -0.39 is 9.84 Å². The van der Waals surface area contributed by atoms with E-state index in [1.54, 1.807) is 31.2 Å². The summed E-state index contributed by atoms with van der Waals surface area (Å²) in [5.41, 5.74) is 1.54. The Morgan fingerprint density at radius 2 is 2.00 bits per heavy atom. The standard InChI is InChI=1S/C19H23N3O4S/c1-13-11-18(24)22-19(20-13)14-5-4-6-15(12-14)21-17(23)9-10-27(25,26)16-7-2-3-8-16/h4-6,11-12,16H,2-3,7-10H2,1H3,(H,21,23)(H,20,22,24). The van der Waals surface area contributed by atoms with Gasteiger partial charge >= 0.3 is 0 Å². The number of carbonyl (C=O) groups excluding carboxylic acids is 1. The van der Waals surface area contributed by atoms with Crippen molar-refractivity contribution < 1.29 is 13.2 Å². The number of carbonyl (C=O) groups is 1. The summed E-state index contributed by atoms with van der Waals surface area (Å²) in [4.78, 5) is 30.7. The predicted molar refractivity (Wildman–Crippen MR) is 104 cm³/mol. The van der Waals surface area contributed by atoms with E-state index in [9.17, 15) is 18.0 Å². The fourth-order valence-electron chi connectivity index (χ4n) is 3.33. The highest BCUT2D eigenvalue weighted by atomic mass is 32.2. The van der Waals surface area contributed by atoms with Gasteiger partial charge in [0.25, 0.3) is 5.56 Å². The zero-order valence-electron chi connectivity index (χ0n) is 15.2. The van der Waals surface area contributed by atoms with E-state index in [0.29, 0.717) is 35.6 Å². The molecule has 0 radical (unpaired) electrons. The number of aryl methyl sites for hydroxylation is 1. The molecule has 8 heteroatoms. The van der Waals surface area contributed by atoms with Crippen molar-refractivity contribution in [3.05, 3.63) is 46.4 Å². The topological polar surface area (TPSA) is 109 Å².